The van der Waals surface area contributed by atoms with Crippen molar-refractivity contribution in [2.45, 2.75) is 25.6 Å². The maximum Gasteiger partial charge on any atom is 0.417 e. The number of carbonyl (C=O) groups is 2. The van der Waals surface area contributed by atoms with Crippen LogP contribution in [0.3, 0.4) is 0 Å². The number of anilines is 1. The lowest BCUT2D eigenvalue weighted by molar-refractivity contribution is -0.137. The average Bonchev–Trinajstić information content (AvgIpc) is 3.31. The van der Waals surface area contributed by atoms with Gasteiger partial charge in [0.1, 0.15) is 27.6 Å². The largest absolute Gasteiger partial charge is 0.417 e. The number of aromatic nitrogens is 3. The summed E-state index contributed by atoms with van der Waals surface area (Å²) in [6, 6.07) is 3.85. The number of rotatable bonds is 6. The molecule has 3 aromatic rings. The summed E-state index contributed by atoms with van der Waals surface area (Å²) in [5.41, 5.74) is -0.761. The molecule has 182 valence electrons. The van der Waals surface area contributed by atoms with E-state index in [0.29, 0.717) is 10.7 Å². The average molecular weight is 524 g/mol. The number of halogens is 4. The van der Waals surface area contributed by atoms with Crippen molar-refractivity contribution in [1.29, 1.82) is 0 Å². The number of thiazole rings is 1. The van der Waals surface area contributed by atoms with E-state index in [2.05, 4.69) is 37.4 Å². The zero-order valence-electron chi connectivity index (χ0n) is 18.0. The first-order valence-corrected chi connectivity index (χ1v) is 11.1. The molecule has 0 bridgehead atoms. The fraction of sp³-hybridized carbons (Fsp3) is 0.227. The first kappa shape index (κ1) is 26.1. The molecular formula is C22H17ClF3N5O3S. The lowest BCUT2D eigenvalue weighted by Gasteiger charge is -2.11. The van der Waals surface area contributed by atoms with Gasteiger partial charge < -0.3 is 15.7 Å². The molecule has 2 heterocycles. The molecule has 0 unspecified atom stereocenters. The number of aliphatic hydroxyl groups is 1. The van der Waals surface area contributed by atoms with Gasteiger partial charge in [0.15, 0.2) is 0 Å². The van der Waals surface area contributed by atoms with Crippen LogP contribution < -0.4 is 10.6 Å². The lowest BCUT2D eigenvalue weighted by Crippen LogP contribution is -2.27. The standard InChI is InChI=1S/C22H17ClF3N5O3S/c1-12(30-19(33)17-9-13(28-11-29-17)4-2-3-7-32)21-27-10-18(35-21)20(34)31-14-5-6-16(23)15(8-14)22(24,25)26/h5-6,8-12,32H,3,7H2,1H3,(H,30,33)(H,31,34)/t12-/m1/s1. The molecule has 0 spiro atoms. The SMILES string of the molecule is C[C@@H](NC(=O)c1cc(C#CCCO)ncn1)c1ncc(C(=O)Nc2ccc(Cl)c(C(F)(F)F)c2)s1. The maximum atomic E-state index is 13.0. The van der Waals surface area contributed by atoms with Crippen molar-refractivity contribution < 1.29 is 27.9 Å². The van der Waals surface area contributed by atoms with E-state index in [0.717, 1.165) is 23.5 Å². The molecule has 0 saturated carbocycles. The van der Waals surface area contributed by atoms with Gasteiger partial charge in [0.2, 0.25) is 0 Å². The van der Waals surface area contributed by atoms with E-state index in [9.17, 15) is 22.8 Å². The van der Waals surface area contributed by atoms with Gasteiger partial charge in [0, 0.05) is 18.2 Å². The van der Waals surface area contributed by atoms with Crippen LogP contribution in [0.2, 0.25) is 5.02 Å². The van der Waals surface area contributed by atoms with Crippen molar-refractivity contribution in [1.82, 2.24) is 20.3 Å². The van der Waals surface area contributed by atoms with Gasteiger partial charge in [-0.05, 0) is 31.0 Å². The van der Waals surface area contributed by atoms with Crippen LogP contribution in [0.25, 0.3) is 0 Å². The Kier molecular flexibility index (Phi) is 8.39. The van der Waals surface area contributed by atoms with Crippen molar-refractivity contribution >= 4 is 40.4 Å². The van der Waals surface area contributed by atoms with Gasteiger partial charge in [-0.1, -0.05) is 17.5 Å². The van der Waals surface area contributed by atoms with Crippen LogP contribution in [0.4, 0.5) is 18.9 Å². The number of nitrogens with one attached hydrogen (secondary N) is 2. The maximum absolute atomic E-state index is 13.0. The Bertz CT molecular complexity index is 1300. The van der Waals surface area contributed by atoms with Gasteiger partial charge in [-0.3, -0.25) is 9.59 Å². The van der Waals surface area contributed by atoms with Gasteiger partial charge in [0.25, 0.3) is 11.8 Å². The molecule has 13 heteroatoms. The molecule has 0 radical (unpaired) electrons. The van der Waals surface area contributed by atoms with Crippen LogP contribution in [0, 0.1) is 11.8 Å². The Morgan fingerprint density at radius 3 is 2.69 bits per heavy atom. The Morgan fingerprint density at radius 1 is 1.20 bits per heavy atom. The van der Waals surface area contributed by atoms with Crippen molar-refractivity contribution in [2.75, 3.05) is 11.9 Å². The van der Waals surface area contributed by atoms with E-state index in [1.165, 1.54) is 24.7 Å². The molecule has 0 fully saturated rings. The number of alkyl halides is 3. The topological polar surface area (TPSA) is 117 Å². The minimum atomic E-state index is -4.67. The Labute approximate surface area is 206 Å². The normalized spacial score (nSPS) is 11.8. The van der Waals surface area contributed by atoms with Crippen molar-refractivity contribution in [2.24, 2.45) is 0 Å². The molecule has 35 heavy (non-hydrogen) atoms. The van der Waals surface area contributed by atoms with Gasteiger partial charge in [-0.15, -0.1) is 11.3 Å². The number of hydrogen-bond acceptors (Lipinski definition) is 7. The highest BCUT2D eigenvalue weighted by Gasteiger charge is 2.33. The zero-order chi connectivity index (χ0) is 25.6. The molecule has 2 amide bonds. The number of aliphatic hydroxyl groups excluding tert-OH is 1. The molecular weight excluding hydrogens is 507 g/mol. The summed E-state index contributed by atoms with van der Waals surface area (Å²) in [4.78, 5) is 37.2. The van der Waals surface area contributed by atoms with Crippen LogP contribution in [0.1, 0.15) is 55.8 Å². The van der Waals surface area contributed by atoms with Crippen LogP contribution in [-0.2, 0) is 6.18 Å². The molecule has 3 rings (SSSR count). The summed E-state index contributed by atoms with van der Waals surface area (Å²) in [6.45, 7) is 1.56. The highest BCUT2D eigenvalue weighted by Crippen LogP contribution is 2.36. The van der Waals surface area contributed by atoms with E-state index in [1.807, 2.05) is 0 Å². The van der Waals surface area contributed by atoms with Gasteiger partial charge in [0.05, 0.1) is 29.4 Å². The second-order valence-corrected chi connectivity index (χ2v) is 8.44. The van der Waals surface area contributed by atoms with Crippen molar-refractivity contribution in [3.63, 3.8) is 0 Å². The van der Waals surface area contributed by atoms with Gasteiger partial charge in [-0.25, -0.2) is 15.0 Å². The highest BCUT2D eigenvalue weighted by molar-refractivity contribution is 7.13. The number of hydrogen-bond donors (Lipinski definition) is 3. The van der Waals surface area contributed by atoms with Crippen LogP contribution >= 0.6 is 22.9 Å². The summed E-state index contributed by atoms with van der Waals surface area (Å²) in [5.74, 6) is 4.22. The van der Waals surface area contributed by atoms with E-state index >= 15 is 0 Å². The molecule has 3 N–H and O–H groups in total. The minimum absolute atomic E-state index is 0.0675. The number of carbonyl (C=O) groups excluding carboxylic acids is 2. The summed E-state index contributed by atoms with van der Waals surface area (Å²) in [5, 5.41) is 13.8. The highest BCUT2D eigenvalue weighted by atomic mass is 35.5. The molecule has 8 nitrogen and oxygen atoms in total. The van der Waals surface area contributed by atoms with Gasteiger partial charge in [-0.2, -0.15) is 13.2 Å². The summed E-state index contributed by atoms with van der Waals surface area (Å²) in [7, 11) is 0. The zero-order valence-corrected chi connectivity index (χ0v) is 19.6. The monoisotopic (exact) mass is 523 g/mol. The van der Waals surface area contributed by atoms with Crippen LogP contribution in [-0.4, -0.2) is 38.5 Å². The summed E-state index contributed by atoms with van der Waals surface area (Å²) < 4.78 is 39.1. The van der Waals surface area contributed by atoms with Crippen molar-refractivity contribution in [3.05, 3.63) is 68.6 Å². The number of benzene rings is 1. The first-order chi connectivity index (χ1) is 16.6. The molecule has 0 aliphatic rings. The Morgan fingerprint density at radius 2 is 1.97 bits per heavy atom. The molecule has 2 aromatic heterocycles. The second kappa shape index (κ2) is 11.3. The molecule has 1 atom stereocenters. The predicted molar refractivity (Wildman–Crippen MR) is 123 cm³/mol. The fourth-order valence-electron chi connectivity index (χ4n) is 2.70. The first-order valence-electron chi connectivity index (χ1n) is 9.95. The van der Waals surface area contributed by atoms with E-state index in [1.54, 1.807) is 6.92 Å². The molecule has 1 aromatic carbocycles. The smallest absolute Gasteiger partial charge is 0.395 e. The Hall–Kier alpha value is -3.53. The molecule has 0 aliphatic heterocycles. The van der Waals surface area contributed by atoms with Crippen LogP contribution in [0.15, 0.2) is 36.8 Å². The summed E-state index contributed by atoms with van der Waals surface area (Å²) in [6.07, 6.45) is -1.95. The van der Waals surface area contributed by atoms with E-state index in [-0.39, 0.29) is 29.3 Å². The quantitative estimate of drug-likeness (QED) is 0.419. The van der Waals surface area contributed by atoms with E-state index in [4.69, 9.17) is 16.7 Å². The van der Waals surface area contributed by atoms with Gasteiger partial charge >= 0.3 is 6.18 Å². The summed E-state index contributed by atoms with van der Waals surface area (Å²) >= 11 is 6.57. The van der Waals surface area contributed by atoms with Crippen LogP contribution in [0.5, 0.6) is 0 Å². The second-order valence-electron chi connectivity index (χ2n) is 6.97. The molecule has 0 saturated heterocycles. The lowest BCUT2D eigenvalue weighted by atomic mass is 10.2. The predicted octanol–water partition coefficient (Wildman–Crippen LogP) is 4.08. The Balaban J connectivity index is 1.66. The number of nitrogens with zero attached hydrogens (tertiary/aromatic N) is 3. The number of amides is 2. The fourth-order valence-corrected chi connectivity index (χ4v) is 3.74. The molecule has 0 aliphatic carbocycles. The minimum Gasteiger partial charge on any atom is -0.395 e. The third-order valence-electron chi connectivity index (χ3n) is 4.35. The van der Waals surface area contributed by atoms with Crippen molar-refractivity contribution in [3.8, 4) is 11.8 Å². The van der Waals surface area contributed by atoms with E-state index < -0.39 is 34.6 Å². The third-order valence-corrected chi connectivity index (χ3v) is 5.86. The third kappa shape index (κ3) is 6.98.